The lowest BCUT2D eigenvalue weighted by molar-refractivity contribution is 0.972. The molecule has 0 amide bonds. The van der Waals surface area contributed by atoms with E-state index < -0.39 is 0 Å². The highest BCUT2D eigenvalue weighted by Crippen LogP contribution is 2.43. The van der Waals surface area contributed by atoms with Gasteiger partial charge in [-0.15, -0.1) is 0 Å². The molecule has 1 aromatic carbocycles. The van der Waals surface area contributed by atoms with Crippen LogP contribution < -0.4 is 5.32 Å². The van der Waals surface area contributed by atoms with Gasteiger partial charge in [-0.1, -0.05) is 23.2 Å². The fourth-order valence-electron chi connectivity index (χ4n) is 2.19. The van der Waals surface area contributed by atoms with Gasteiger partial charge in [-0.25, -0.2) is 9.97 Å². The van der Waals surface area contributed by atoms with Crippen molar-refractivity contribution >= 4 is 51.6 Å². The second-order valence-electron chi connectivity index (χ2n) is 5.06. The van der Waals surface area contributed by atoms with Crippen LogP contribution in [-0.4, -0.2) is 16.5 Å². The van der Waals surface area contributed by atoms with Crippen LogP contribution in [0.4, 0.5) is 5.82 Å². The molecule has 3 nitrogen and oxygen atoms in total. The van der Waals surface area contributed by atoms with E-state index in [-0.39, 0.29) is 0 Å². The molecule has 1 heterocycles. The maximum absolute atomic E-state index is 6.09. The molecule has 21 heavy (non-hydrogen) atoms. The Balaban J connectivity index is 2.12. The van der Waals surface area contributed by atoms with E-state index >= 15 is 0 Å². The van der Waals surface area contributed by atoms with Crippen LogP contribution in [-0.2, 0) is 0 Å². The maximum atomic E-state index is 6.09. The predicted octanol–water partition coefficient (Wildman–Crippen LogP) is 5.36. The molecular formula is C15H14Cl2IN3. The van der Waals surface area contributed by atoms with Crippen LogP contribution in [0.15, 0.2) is 18.2 Å². The standard InChI is InChI=1S/C15H14Cl2IN3/c1-2-19-15-12(18)13(8-3-4-8)20-14(21-15)9-5-10(16)7-11(17)6-9/h5-8H,2-4H2,1H3,(H,19,20,21). The molecule has 0 atom stereocenters. The molecule has 0 bridgehead atoms. The molecule has 0 saturated heterocycles. The van der Waals surface area contributed by atoms with Gasteiger partial charge in [-0.2, -0.15) is 0 Å². The highest BCUT2D eigenvalue weighted by molar-refractivity contribution is 14.1. The smallest absolute Gasteiger partial charge is 0.161 e. The first-order valence-electron chi connectivity index (χ1n) is 6.86. The maximum Gasteiger partial charge on any atom is 0.161 e. The zero-order valence-corrected chi connectivity index (χ0v) is 15.1. The van der Waals surface area contributed by atoms with Crippen molar-refractivity contribution in [3.63, 3.8) is 0 Å². The molecular weight excluding hydrogens is 420 g/mol. The largest absolute Gasteiger partial charge is 0.369 e. The van der Waals surface area contributed by atoms with Gasteiger partial charge >= 0.3 is 0 Å². The van der Waals surface area contributed by atoms with Crippen molar-refractivity contribution in [2.24, 2.45) is 0 Å². The fraction of sp³-hybridized carbons (Fsp3) is 0.333. The van der Waals surface area contributed by atoms with E-state index in [0.717, 1.165) is 27.2 Å². The van der Waals surface area contributed by atoms with Crippen molar-refractivity contribution < 1.29 is 0 Å². The molecule has 1 saturated carbocycles. The van der Waals surface area contributed by atoms with Crippen molar-refractivity contribution in [1.29, 1.82) is 0 Å². The highest BCUT2D eigenvalue weighted by atomic mass is 127. The van der Waals surface area contributed by atoms with Crippen LogP contribution in [0.3, 0.4) is 0 Å². The average Bonchev–Trinajstić information content (AvgIpc) is 3.24. The Morgan fingerprint density at radius 1 is 1.19 bits per heavy atom. The Morgan fingerprint density at radius 3 is 2.43 bits per heavy atom. The third kappa shape index (κ3) is 3.43. The minimum Gasteiger partial charge on any atom is -0.369 e. The summed E-state index contributed by atoms with van der Waals surface area (Å²) < 4.78 is 1.12. The quantitative estimate of drug-likeness (QED) is 0.659. The number of anilines is 1. The topological polar surface area (TPSA) is 37.8 Å². The van der Waals surface area contributed by atoms with Gasteiger partial charge in [0, 0.05) is 28.1 Å². The molecule has 0 spiro atoms. The van der Waals surface area contributed by atoms with Gasteiger partial charge in [0.2, 0.25) is 0 Å². The number of aromatic nitrogens is 2. The number of nitrogens with one attached hydrogen (secondary N) is 1. The van der Waals surface area contributed by atoms with Gasteiger partial charge in [0.1, 0.15) is 5.82 Å². The Hall–Kier alpha value is -0.590. The lowest BCUT2D eigenvalue weighted by atomic mass is 10.2. The summed E-state index contributed by atoms with van der Waals surface area (Å²) in [5, 5.41) is 4.50. The van der Waals surface area contributed by atoms with E-state index in [1.165, 1.54) is 12.8 Å². The van der Waals surface area contributed by atoms with E-state index in [2.05, 4.69) is 39.8 Å². The Labute approximate surface area is 147 Å². The predicted molar refractivity (Wildman–Crippen MR) is 96.3 cm³/mol. The van der Waals surface area contributed by atoms with E-state index in [1.54, 1.807) is 6.07 Å². The molecule has 6 heteroatoms. The first kappa shape index (κ1) is 15.3. The van der Waals surface area contributed by atoms with E-state index in [4.69, 9.17) is 28.2 Å². The van der Waals surface area contributed by atoms with E-state index in [9.17, 15) is 0 Å². The van der Waals surface area contributed by atoms with Gasteiger partial charge in [0.15, 0.2) is 5.82 Å². The lowest BCUT2D eigenvalue weighted by Gasteiger charge is -2.12. The molecule has 2 aromatic rings. The van der Waals surface area contributed by atoms with Crippen LogP contribution in [0.1, 0.15) is 31.4 Å². The second kappa shape index (κ2) is 6.26. The normalized spacial score (nSPS) is 14.3. The van der Waals surface area contributed by atoms with Crippen LogP contribution in [0.25, 0.3) is 11.4 Å². The second-order valence-corrected chi connectivity index (χ2v) is 7.01. The Bertz CT molecular complexity index is 667. The third-order valence-corrected chi connectivity index (χ3v) is 4.81. The first-order chi connectivity index (χ1) is 10.1. The zero-order valence-electron chi connectivity index (χ0n) is 11.5. The van der Waals surface area contributed by atoms with Crippen molar-refractivity contribution in [2.75, 3.05) is 11.9 Å². The number of hydrogen-bond acceptors (Lipinski definition) is 3. The minimum atomic E-state index is 0.561. The molecule has 110 valence electrons. The summed E-state index contributed by atoms with van der Waals surface area (Å²) in [5.74, 6) is 2.13. The first-order valence-corrected chi connectivity index (χ1v) is 8.69. The minimum absolute atomic E-state index is 0.561. The number of nitrogens with zero attached hydrogens (tertiary/aromatic N) is 2. The molecule has 0 aliphatic heterocycles. The van der Waals surface area contributed by atoms with E-state index in [0.29, 0.717) is 21.8 Å². The van der Waals surface area contributed by atoms with Crippen LogP contribution in [0.2, 0.25) is 10.0 Å². The summed E-state index contributed by atoms with van der Waals surface area (Å²) in [6.07, 6.45) is 2.41. The van der Waals surface area contributed by atoms with Gasteiger partial charge in [-0.05, 0) is 60.6 Å². The van der Waals surface area contributed by atoms with E-state index in [1.807, 2.05) is 12.1 Å². The van der Waals surface area contributed by atoms with Gasteiger partial charge < -0.3 is 5.32 Å². The average molecular weight is 434 g/mol. The lowest BCUT2D eigenvalue weighted by Crippen LogP contribution is -2.07. The monoisotopic (exact) mass is 433 g/mol. The summed E-state index contributed by atoms with van der Waals surface area (Å²) in [5.41, 5.74) is 1.98. The Morgan fingerprint density at radius 2 is 1.86 bits per heavy atom. The van der Waals surface area contributed by atoms with Gasteiger partial charge in [0.25, 0.3) is 0 Å². The molecule has 1 aromatic heterocycles. The summed E-state index contributed by atoms with van der Waals surface area (Å²) in [6.45, 7) is 2.89. The summed E-state index contributed by atoms with van der Waals surface area (Å²) in [7, 11) is 0. The van der Waals surface area contributed by atoms with Crippen molar-refractivity contribution in [2.45, 2.75) is 25.7 Å². The number of rotatable bonds is 4. The molecule has 0 radical (unpaired) electrons. The number of hydrogen-bond donors (Lipinski definition) is 1. The number of halogens is 3. The van der Waals surface area contributed by atoms with Gasteiger partial charge in [0.05, 0.1) is 9.26 Å². The zero-order chi connectivity index (χ0) is 15.0. The van der Waals surface area contributed by atoms with Crippen molar-refractivity contribution in [3.8, 4) is 11.4 Å². The van der Waals surface area contributed by atoms with Gasteiger partial charge in [-0.3, -0.25) is 0 Å². The van der Waals surface area contributed by atoms with Crippen molar-refractivity contribution in [3.05, 3.63) is 37.5 Å². The van der Waals surface area contributed by atoms with Crippen LogP contribution in [0, 0.1) is 3.57 Å². The SMILES string of the molecule is CCNc1nc(-c2cc(Cl)cc(Cl)c2)nc(C2CC2)c1I. The summed E-state index contributed by atoms with van der Waals surface area (Å²) in [6, 6.07) is 5.41. The molecule has 1 aliphatic rings. The Kier molecular flexibility index (Phi) is 4.57. The van der Waals surface area contributed by atoms with Crippen molar-refractivity contribution in [1.82, 2.24) is 9.97 Å². The molecule has 1 aliphatic carbocycles. The number of benzene rings is 1. The molecule has 3 rings (SSSR count). The van der Waals surface area contributed by atoms with Crippen LogP contribution >= 0.6 is 45.8 Å². The third-order valence-electron chi connectivity index (χ3n) is 3.31. The molecule has 0 unspecified atom stereocenters. The summed E-state index contributed by atoms with van der Waals surface area (Å²) >= 11 is 14.5. The van der Waals surface area contributed by atoms with Crippen LogP contribution in [0.5, 0.6) is 0 Å². The molecule has 1 N–H and O–H groups in total. The molecule has 1 fully saturated rings. The summed E-state index contributed by atoms with van der Waals surface area (Å²) in [4.78, 5) is 9.39. The highest BCUT2D eigenvalue weighted by Gasteiger charge is 2.29. The fourth-order valence-corrected chi connectivity index (χ4v) is 3.59.